The first kappa shape index (κ1) is 27.3. The zero-order chi connectivity index (χ0) is 25.1. The van der Waals surface area contributed by atoms with Crippen LogP contribution >= 0.6 is 0 Å². The predicted octanol–water partition coefficient (Wildman–Crippen LogP) is -2.92. The van der Waals surface area contributed by atoms with Gasteiger partial charge in [-0.15, -0.1) is 0 Å². The second-order valence-electron chi connectivity index (χ2n) is 7.38. The topological polar surface area (TPSA) is 234 Å². The molecule has 4 atom stereocenters. The van der Waals surface area contributed by atoms with E-state index in [1.165, 1.54) is 19.1 Å². The van der Waals surface area contributed by atoms with Crippen molar-refractivity contribution in [1.82, 2.24) is 16.0 Å². The van der Waals surface area contributed by atoms with Crippen LogP contribution in [0.15, 0.2) is 24.3 Å². The number of rotatable bonds is 13. The predicted molar refractivity (Wildman–Crippen MR) is 114 cm³/mol. The van der Waals surface area contributed by atoms with Crippen LogP contribution in [0.1, 0.15) is 25.3 Å². The molecule has 0 aromatic heterocycles. The van der Waals surface area contributed by atoms with E-state index in [0.29, 0.717) is 5.56 Å². The van der Waals surface area contributed by atoms with Crippen molar-refractivity contribution in [3.8, 4) is 5.75 Å². The lowest BCUT2D eigenvalue weighted by Crippen LogP contribution is -2.59. The Morgan fingerprint density at radius 1 is 1.00 bits per heavy atom. The number of aliphatic carboxylic acids is 1. The standard InChI is InChI=1S/C20H29N5O8/c1-10(26)17(25-18(31)13(21)8-11-2-4-12(27)5-3-11)20(33)24-14(6-7-15(22)28)19(32)23-9-16(29)30/h2-5,10,13-14,17,26-27H,6-9,21H2,1H3,(H2,22,28)(H,23,32)(H,24,33)(H,25,31)(H,29,30). The van der Waals surface area contributed by atoms with Gasteiger partial charge in [-0.3, -0.25) is 24.0 Å². The first-order valence-corrected chi connectivity index (χ1v) is 10.0. The van der Waals surface area contributed by atoms with Crippen molar-refractivity contribution in [2.24, 2.45) is 11.5 Å². The fourth-order valence-electron chi connectivity index (χ4n) is 2.75. The number of hydrogen-bond acceptors (Lipinski definition) is 8. The fourth-order valence-corrected chi connectivity index (χ4v) is 2.75. The summed E-state index contributed by atoms with van der Waals surface area (Å²) in [7, 11) is 0. The minimum absolute atomic E-state index is 0.0425. The second kappa shape index (κ2) is 13.0. The third kappa shape index (κ3) is 9.97. The van der Waals surface area contributed by atoms with Gasteiger partial charge < -0.3 is 42.7 Å². The van der Waals surface area contributed by atoms with Crippen molar-refractivity contribution < 1.29 is 39.3 Å². The number of aliphatic hydroxyl groups excluding tert-OH is 1. The highest BCUT2D eigenvalue weighted by Gasteiger charge is 2.31. The van der Waals surface area contributed by atoms with E-state index < -0.39 is 60.4 Å². The van der Waals surface area contributed by atoms with Gasteiger partial charge in [-0.25, -0.2) is 0 Å². The highest BCUT2D eigenvalue weighted by Crippen LogP contribution is 2.11. The van der Waals surface area contributed by atoms with Gasteiger partial charge in [0.15, 0.2) is 0 Å². The lowest BCUT2D eigenvalue weighted by Gasteiger charge is -2.25. The molecule has 13 nitrogen and oxygen atoms in total. The number of aromatic hydroxyl groups is 1. The Balaban J connectivity index is 2.84. The number of nitrogens with one attached hydrogen (secondary N) is 3. The molecule has 13 heteroatoms. The summed E-state index contributed by atoms with van der Waals surface area (Å²) in [6, 6.07) is 2.07. The molecule has 0 spiro atoms. The molecule has 4 unspecified atom stereocenters. The van der Waals surface area contributed by atoms with Gasteiger partial charge in [-0.2, -0.15) is 0 Å². The lowest BCUT2D eigenvalue weighted by atomic mass is 10.0. The number of aliphatic hydroxyl groups is 1. The van der Waals surface area contributed by atoms with Crippen LogP contribution in [0.3, 0.4) is 0 Å². The highest BCUT2D eigenvalue weighted by molar-refractivity contribution is 5.94. The maximum absolute atomic E-state index is 12.7. The zero-order valence-electron chi connectivity index (χ0n) is 18.0. The third-order valence-corrected chi connectivity index (χ3v) is 4.52. The van der Waals surface area contributed by atoms with Crippen LogP contribution in [-0.2, 0) is 30.4 Å². The molecular formula is C20H29N5O8. The largest absolute Gasteiger partial charge is 0.508 e. The molecule has 0 aliphatic carbocycles. The number of carboxylic acid groups (broad SMARTS) is 1. The third-order valence-electron chi connectivity index (χ3n) is 4.52. The van der Waals surface area contributed by atoms with Crippen LogP contribution in [0, 0.1) is 0 Å². The van der Waals surface area contributed by atoms with Crippen LogP contribution in [0.4, 0.5) is 0 Å². The fraction of sp³-hybridized carbons (Fsp3) is 0.450. The van der Waals surface area contributed by atoms with Gasteiger partial charge in [-0.05, 0) is 37.5 Å². The number of phenols is 1. The Kier molecular flexibility index (Phi) is 10.7. The molecule has 10 N–H and O–H groups in total. The first-order chi connectivity index (χ1) is 15.4. The maximum Gasteiger partial charge on any atom is 0.322 e. The van der Waals surface area contributed by atoms with E-state index in [0.717, 1.165) is 0 Å². The molecule has 0 radical (unpaired) electrons. The van der Waals surface area contributed by atoms with Crippen LogP contribution in [0.5, 0.6) is 5.75 Å². The van der Waals surface area contributed by atoms with Crippen molar-refractivity contribution >= 4 is 29.6 Å². The Bertz CT molecular complexity index is 859. The summed E-state index contributed by atoms with van der Waals surface area (Å²) in [6.45, 7) is 0.517. The smallest absolute Gasteiger partial charge is 0.322 e. The van der Waals surface area contributed by atoms with Crippen LogP contribution in [0.25, 0.3) is 0 Å². The summed E-state index contributed by atoms with van der Waals surface area (Å²) in [5.74, 6) is -4.61. The first-order valence-electron chi connectivity index (χ1n) is 10.0. The van der Waals surface area contributed by atoms with Gasteiger partial charge in [0.05, 0.1) is 12.1 Å². The quantitative estimate of drug-likeness (QED) is 0.148. The van der Waals surface area contributed by atoms with E-state index in [-0.39, 0.29) is 25.0 Å². The number of carboxylic acids is 1. The van der Waals surface area contributed by atoms with Crippen molar-refractivity contribution in [3.63, 3.8) is 0 Å². The van der Waals surface area contributed by atoms with Crippen LogP contribution in [0.2, 0.25) is 0 Å². The molecule has 0 heterocycles. The number of carbonyl (C=O) groups excluding carboxylic acids is 4. The van der Waals surface area contributed by atoms with Crippen molar-refractivity contribution in [1.29, 1.82) is 0 Å². The summed E-state index contributed by atoms with van der Waals surface area (Å²) in [5.41, 5.74) is 11.6. The van der Waals surface area contributed by atoms with Gasteiger partial charge in [0.2, 0.25) is 23.6 Å². The van der Waals surface area contributed by atoms with E-state index in [9.17, 15) is 34.2 Å². The SMILES string of the molecule is CC(O)C(NC(=O)C(N)Cc1ccc(O)cc1)C(=O)NC(CCC(N)=O)C(=O)NCC(=O)O. The Labute approximate surface area is 189 Å². The van der Waals surface area contributed by atoms with Gasteiger partial charge in [0, 0.05) is 6.42 Å². The molecule has 0 saturated carbocycles. The van der Waals surface area contributed by atoms with Gasteiger partial charge in [0.1, 0.15) is 24.4 Å². The summed E-state index contributed by atoms with van der Waals surface area (Å²) < 4.78 is 0. The van der Waals surface area contributed by atoms with Crippen LogP contribution in [-0.4, -0.2) is 75.7 Å². The molecule has 0 fully saturated rings. The van der Waals surface area contributed by atoms with E-state index >= 15 is 0 Å². The average molecular weight is 467 g/mol. The average Bonchev–Trinajstić information content (AvgIpc) is 2.73. The summed E-state index contributed by atoms with van der Waals surface area (Å²) >= 11 is 0. The molecule has 182 valence electrons. The monoisotopic (exact) mass is 467 g/mol. The maximum atomic E-state index is 12.7. The summed E-state index contributed by atoms with van der Waals surface area (Å²) in [6.07, 6.45) is -1.81. The molecule has 0 aliphatic rings. The van der Waals surface area contributed by atoms with E-state index in [1.54, 1.807) is 12.1 Å². The molecule has 1 rings (SSSR count). The van der Waals surface area contributed by atoms with Crippen molar-refractivity contribution in [2.45, 2.75) is 50.4 Å². The van der Waals surface area contributed by atoms with Gasteiger partial charge in [-0.1, -0.05) is 12.1 Å². The molecule has 1 aromatic rings. The number of nitrogens with two attached hydrogens (primary N) is 2. The Morgan fingerprint density at radius 2 is 1.61 bits per heavy atom. The summed E-state index contributed by atoms with van der Waals surface area (Å²) in [4.78, 5) is 59.1. The number of amides is 4. The molecule has 1 aromatic carbocycles. The molecular weight excluding hydrogens is 438 g/mol. The number of carbonyl (C=O) groups is 5. The molecule has 0 bridgehead atoms. The zero-order valence-corrected chi connectivity index (χ0v) is 18.0. The Hall–Kier alpha value is -3.71. The summed E-state index contributed by atoms with van der Waals surface area (Å²) in [5, 5.41) is 34.7. The van der Waals surface area contributed by atoms with E-state index in [4.69, 9.17) is 16.6 Å². The normalized spacial score (nSPS) is 14.3. The minimum Gasteiger partial charge on any atom is -0.508 e. The second-order valence-corrected chi connectivity index (χ2v) is 7.38. The van der Waals surface area contributed by atoms with Gasteiger partial charge in [0.25, 0.3) is 0 Å². The number of benzene rings is 1. The van der Waals surface area contributed by atoms with Crippen molar-refractivity contribution in [3.05, 3.63) is 29.8 Å². The van der Waals surface area contributed by atoms with Gasteiger partial charge >= 0.3 is 5.97 Å². The minimum atomic E-state index is -1.49. The van der Waals surface area contributed by atoms with E-state index in [2.05, 4.69) is 16.0 Å². The molecule has 0 saturated heterocycles. The van der Waals surface area contributed by atoms with Crippen molar-refractivity contribution in [2.75, 3.05) is 6.54 Å². The molecule has 0 aliphatic heterocycles. The lowest BCUT2D eigenvalue weighted by molar-refractivity contribution is -0.139. The van der Waals surface area contributed by atoms with E-state index in [1.807, 2.05) is 0 Å². The molecule has 4 amide bonds. The molecule has 33 heavy (non-hydrogen) atoms. The Morgan fingerprint density at radius 3 is 2.12 bits per heavy atom. The number of primary amides is 1. The number of hydrogen-bond donors (Lipinski definition) is 8. The highest BCUT2D eigenvalue weighted by atomic mass is 16.4. The number of phenolic OH excluding ortho intramolecular Hbond substituents is 1. The van der Waals surface area contributed by atoms with Crippen LogP contribution < -0.4 is 27.4 Å².